The quantitative estimate of drug-likeness (QED) is 0.228. The molecule has 1 amide bonds. The van der Waals surface area contributed by atoms with Gasteiger partial charge in [0, 0.05) is 10.6 Å². The number of ketones is 1. The highest BCUT2D eigenvalue weighted by Crippen LogP contribution is 2.28. The van der Waals surface area contributed by atoms with Crippen LogP contribution >= 0.6 is 46.3 Å². The molecule has 4 aromatic rings. The summed E-state index contributed by atoms with van der Waals surface area (Å²) in [5.74, 6) is -0.524. The molecule has 0 spiro atoms. The van der Waals surface area contributed by atoms with E-state index in [0.29, 0.717) is 25.8 Å². The van der Waals surface area contributed by atoms with E-state index in [4.69, 9.17) is 23.2 Å². The molecule has 0 bridgehead atoms. The van der Waals surface area contributed by atoms with Gasteiger partial charge in [0.05, 0.1) is 28.0 Å². The Kier molecular flexibility index (Phi) is 6.85. The number of aromatic nitrogens is 4. The number of thioether (sulfide) groups is 1. The summed E-state index contributed by atoms with van der Waals surface area (Å²) in [5, 5.41) is 11.9. The maximum atomic E-state index is 12.5. The molecule has 2 heterocycles. The zero-order valence-corrected chi connectivity index (χ0v) is 19.3. The minimum atomic E-state index is -0.444. The Balaban J connectivity index is 1.36. The molecule has 0 saturated heterocycles. The number of carbonyl (C=O) groups is 2. The van der Waals surface area contributed by atoms with E-state index in [1.54, 1.807) is 36.4 Å². The highest BCUT2D eigenvalue weighted by molar-refractivity contribution is 8.01. The van der Waals surface area contributed by atoms with Gasteiger partial charge in [0.2, 0.25) is 11.0 Å². The van der Waals surface area contributed by atoms with Crippen LogP contribution in [0.4, 0.5) is 5.13 Å². The van der Waals surface area contributed by atoms with Crippen molar-refractivity contribution in [3.8, 4) is 0 Å². The number of rotatable bonds is 7. The number of benzene rings is 2. The zero-order chi connectivity index (χ0) is 22.7. The Morgan fingerprint density at radius 3 is 2.75 bits per heavy atom. The second-order valence-corrected chi connectivity index (χ2v) is 9.50. The standard InChI is InChI=1S/C20H13Cl2N5O3S2/c21-11-5-6-12(14(22)7-11)16(28)9-31-20-26-25-19(32-20)24-17(29)8-27-10-23-15-4-2-1-3-13(15)18(27)30/h1-7,10H,8-9H2,(H,24,25,29). The Morgan fingerprint density at radius 1 is 1.12 bits per heavy atom. The van der Waals surface area contributed by atoms with Gasteiger partial charge in [-0.25, -0.2) is 4.98 Å². The van der Waals surface area contributed by atoms with Crippen molar-refractivity contribution in [3.63, 3.8) is 0 Å². The molecule has 12 heteroatoms. The topological polar surface area (TPSA) is 107 Å². The van der Waals surface area contributed by atoms with Crippen LogP contribution in [0, 0.1) is 0 Å². The number of amides is 1. The van der Waals surface area contributed by atoms with E-state index in [2.05, 4.69) is 20.5 Å². The van der Waals surface area contributed by atoms with Crippen molar-refractivity contribution in [2.45, 2.75) is 10.9 Å². The third kappa shape index (κ3) is 5.16. The van der Waals surface area contributed by atoms with Crippen molar-refractivity contribution in [1.29, 1.82) is 0 Å². The van der Waals surface area contributed by atoms with Gasteiger partial charge in [0.25, 0.3) is 5.56 Å². The average Bonchev–Trinajstić information content (AvgIpc) is 3.21. The summed E-state index contributed by atoms with van der Waals surface area (Å²) >= 11 is 14.2. The number of hydrogen-bond donors (Lipinski definition) is 1. The van der Waals surface area contributed by atoms with Gasteiger partial charge in [-0.05, 0) is 30.3 Å². The van der Waals surface area contributed by atoms with Gasteiger partial charge < -0.3 is 0 Å². The molecule has 2 aromatic carbocycles. The molecule has 0 radical (unpaired) electrons. The SMILES string of the molecule is O=C(Cn1cnc2ccccc2c1=O)Nc1nnc(SCC(=O)c2ccc(Cl)cc2Cl)s1. The summed E-state index contributed by atoms with van der Waals surface area (Å²) in [4.78, 5) is 41.4. The lowest BCUT2D eigenvalue weighted by molar-refractivity contribution is -0.116. The number of halogens is 2. The van der Waals surface area contributed by atoms with Gasteiger partial charge in [-0.1, -0.05) is 58.4 Å². The van der Waals surface area contributed by atoms with E-state index in [1.807, 2.05) is 0 Å². The van der Waals surface area contributed by atoms with E-state index in [-0.39, 0.29) is 33.8 Å². The molecule has 1 N–H and O–H groups in total. The fourth-order valence-electron chi connectivity index (χ4n) is 2.77. The normalized spacial score (nSPS) is 10.9. The number of anilines is 1. The second kappa shape index (κ2) is 9.78. The fourth-order valence-corrected chi connectivity index (χ4v) is 4.94. The lowest BCUT2D eigenvalue weighted by Gasteiger charge is -2.05. The van der Waals surface area contributed by atoms with E-state index in [9.17, 15) is 14.4 Å². The van der Waals surface area contributed by atoms with Crippen LogP contribution in [-0.4, -0.2) is 37.2 Å². The van der Waals surface area contributed by atoms with Crippen LogP contribution in [0.5, 0.6) is 0 Å². The molecule has 0 unspecified atom stereocenters. The average molecular weight is 506 g/mol. The number of para-hydroxylation sites is 1. The van der Waals surface area contributed by atoms with Crippen LogP contribution in [0.2, 0.25) is 10.0 Å². The maximum Gasteiger partial charge on any atom is 0.261 e. The Hall–Kier alpha value is -2.79. The Labute approximate surface area is 199 Å². The molecule has 0 aliphatic carbocycles. The first-order chi connectivity index (χ1) is 15.4. The molecule has 162 valence electrons. The van der Waals surface area contributed by atoms with Crippen molar-refractivity contribution in [1.82, 2.24) is 19.7 Å². The molecule has 8 nitrogen and oxygen atoms in total. The molecule has 32 heavy (non-hydrogen) atoms. The van der Waals surface area contributed by atoms with Crippen LogP contribution < -0.4 is 10.9 Å². The lowest BCUT2D eigenvalue weighted by Crippen LogP contribution is -2.27. The van der Waals surface area contributed by atoms with E-state index in [1.165, 1.54) is 28.7 Å². The van der Waals surface area contributed by atoms with Crippen LogP contribution in [0.1, 0.15) is 10.4 Å². The summed E-state index contributed by atoms with van der Waals surface area (Å²) < 4.78 is 1.73. The van der Waals surface area contributed by atoms with Crippen molar-refractivity contribution in [2.24, 2.45) is 0 Å². The number of Topliss-reactive ketones (excluding diaryl/α,β-unsaturated/α-hetero) is 1. The molecule has 0 atom stereocenters. The number of fused-ring (bicyclic) bond motifs is 1. The predicted molar refractivity (Wildman–Crippen MR) is 126 cm³/mol. The minimum Gasteiger partial charge on any atom is -0.299 e. The first-order valence-corrected chi connectivity index (χ1v) is 11.6. The second-order valence-electron chi connectivity index (χ2n) is 6.45. The molecule has 0 fully saturated rings. The highest BCUT2D eigenvalue weighted by Gasteiger charge is 2.15. The molecular formula is C20H13Cl2N5O3S2. The van der Waals surface area contributed by atoms with Gasteiger partial charge in [-0.3, -0.25) is 24.3 Å². The molecule has 0 aliphatic rings. The summed E-state index contributed by atoms with van der Waals surface area (Å²) in [5.41, 5.74) is 0.629. The van der Waals surface area contributed by atoms with Crippen LogP contribution in [0.15, 0.2) is 57.9 Å². The third-order valence-corrected chi connectivity index (χ3v) is 6.78. The third-order valence-electron chi connectivity index (χ3n) is 4.26. The zero-order valence-electron chi connectivity index (χ0n) is 16.1. The van der Waals surface area contributed by atoms with Gasteiger partial charge in [0.1, 0.15) is 6.54 Å². The van der Waals surface area contributed by atoms with E-state index < -0.39 is 5.91 Å². The van der Waals surface area contributed by atoms with Crippen LogP contribution in [-0.2, 0) is 11.3 Å². The van der Waals surface area contributed by atoms with E-state index >= 15 is 0 Å². The number of nitrogens with one attached hydrogen (secondary N) is 1. The molecule has 2 aromatic heterocycles. The smallest absolute Gasteiger partial charge is 0.261 e. The summed E-state index contributed by atoms with van der Waals surface area (Å²) in [6.45, 7) is -0.216. The Morgan fingerprint density at radius 2 is 1.94 bits per heavy atom. The number of hydrogen-bond acceptors (Lipinski definition) is 8. The van der Waals surface area contributed by atoms with Crippen molar-refractivity contribution >= 4 is 74.0 Å². The van der Waals surface area contributed by atoms with Gasteiger partial charge >= 0.3 is 0 Å². The van der Waals surface area contributed by atoms with Crippen LogP contribution in [0.3, 0.4) is 0 Å². The largest absolute Gasteiger partial charge is 0.299 e. The number of nitrogens with zero attached hydrogens (tertiary/aromatic N) is 4. The lowest BCUT2D eigenvalue weighted by atomic mass is 10.1. The minimum absolute atomic E-state index is 0.0993. The van der Waals surface area contributed by atoms with Crippen molar-refractivity contribution < 1.29 is 9.59 Å². The van der Waals surface area contributed by atoms with Crippen molar-refractivity contribution in [3.05, 3.63) is 74.8 Å². The summed E-state index contributed by atoms with van der Waals surface area (Å²) in [6.07, 6.45) is 1.33. The molecule has 4 rings (SSSR count). The Bertz CT molecular complexity index is 1390. The first-order valence-electron chi connectivity index (χ1n) is 9.09. The van der Waals surface area contributed by atoms with Gasteiger partial charge in [-0.15, -0.1) is 10.2 Å². The monoisotopic (exact) mass is 505 g/mol. The summed E-state index contributed by atoms with van der Waals surface area (Å²) in [6, 6.07) is 11.6. The van der Waals surface area contributed by atoms with E-state index in [0.717, 1.165) is 11.3 Å². The molecular weight excluding hydrogens is 493 g/mol. The highest BCUT2D eigenvalue weighted by atomic mass is 35.5. The van der Waals surface area contributed by atoms with Crippen LogP contribution in [0.25, 0.3) is 10.9 Å². The predicted octanol–water partition coefficient (Wildman–Crippen LogP) is 4.17. The molecule has 0 aliphatic heterocycles. The fraction of sp³-hybridized carbons (Fsp3) is 0.100. The van der Waals surface area contributed by atoms with Gasteiger partial charge in [0.15, 0.2) is 10.1 Å². The maximum absolute atomic E-state index is 12.5. The van der Waals surface area contributed by atoms with Crippen molar-refractivity contribution in [2.75, 3.05) is 11.1 Å². The first kappa shape index (κ1) is 22.4. The number of carbonyl (C=O) groups excluding carboxylic acids is 2. The molecule has 0 saturated carbocycles. The van der Waals surface area contributed by atoms with Gasteiger partial charge in [-0.2, -0.15) is 0 Å². The summed E-state index contributed by atoms with van der Waals surface area (Å²) in [7, 11) is 0.